The van der Waals surface area contributed by atoms with Gasteiger partial charge in [0.15, 0.2) is 0 Å². The van der Waals surface area contributed by atoms with Crippen LogP contribution in [0.25, 0.3) is 0 Å². The van der Waals surface area contributed by atoms with Gasteiger partial charge >= 0.3 is 16.3 Å². The molecule has 94 valence electrons. The van der Waals surface area contributed by atoms with E-state index in [1.165, 1.54) is 0 Å². The molecule has 1 aliphatic rings. The molecule has 1 fully saturated rings. The summed E-state index contributed by atoms with van der Waals surface area (Å²) < 4.78 is 30.8. The van der Waals surface area contributed by atoms with E-state index >= 15 is 0 Å². The average Bonchev–Trinajstić information content (AvgIpc) is 2.17. The minimum Gasteiger partial charge on any atom is -0.449 e. The zero-order chi connectivity index (χ0) is 12.2. The van der Waals surface area contributed by atoms with Crippen LogP contribution in [0.1, 0.15) is 26.2 Å². The lowest BCUT2D eigenvalue weighted by Gasteiger charge is -2.31. The molecule has 1 aliphatic heterocycles. The maximum absolute atomic E-state index is 11.7. The molecule has 0 radical (unpaired) electrons. The number of ether oxygens (including phenoxy) is 1. The van der Waals surface area contributed by atoms with Gasteiger partial charge < -0.3 is 10.5 Å². The smallest absolute Gasteiger partial charge is 0.421 e. The number of nitrogens with zero attached hydrogens (tertiary/aromatic N) is 1. The summed E-state index contributed by atoms with van der Waals surface area (Å²) in [4.78, 5) is 11.0. The van der Waals surface area contributed by atoms with E-state index in [9.17, 15) is 13.2 Å². The highest BCUT2D eigenvalue weighted by Gasteiger charge is 2.31. The maximum Gasteiger partial charge on any atom is 0.421 e. The Hall–Kier alpha value is -0.860. The highest BCUT2D eigenvalue weighted by atomic mass is 32.2. The van der Waals surface area contributed by atoms with Gasteiger partial charge in [-0.15, -0.1) is 0 Å². The predicted octanol–water partition coefficient (Wildman–Crippen LogP) is -0.252. The van der Waals surface area contributed by atoms with Crippen LogP contribution in [-0.4, -0.2) is 38.1 Å². The molecule has 1 amide bonds. The average molecular weight is 251 g/mol. The van der Waals surface area contributed by atoms with Crippen LogP contribution < -0.4 is 10.5 Å². The molecule has 0 saturated carbocycles. The number of carbonyl (C=O) groups excluding carboxylic acids is 1. The highest BCUT2D eigenvalue weighted by molar-refractivity contribution is 7.87. The summed E-state index contributed by atoms with van der Waals surface area (Å²) in [6.07, 6.45) is 0.703. The van der Waals surface area contributed by atoms with Crippen molar-refractivity contribution in [3.8, 4) is 0 Å². The van der Waals surface area contributed by atoms with E-state index in [-0.39, 0.29) is 6.61 Å². The minimum atomic E-state index is -3.87. The Morgan fingerprint density at radius 2 is 2.25 bits per heavy atom. The van der Waals surface area contributed by atoms with Crippen molar-refractivity contribution in [3.05, 3.63) is 0 Å². The lowest BCUT2D eigenvalue weighted by Crippen LogP contribution is -2.53. The fraction of sp³-hybridized carbons (Fsp3) is 0.875. The Labute approximate surface area is 95.1 Å². The van der Waals surface area contributed by atoms with Gasteiger partial charge in [-0.3, -0.25) is 0 Å². The second-order valence-corrected chi connectivity index (χ2v) is 5.12. The number of hydrogen-bond acceptors (Lipinski definition) is 5. The monoisotopic (exact) mass is 251 g/mol. The first kappa shape index (κ1) is 13.2. The second-order valence-electron chi connectivity index (χ2n) is 3.50. The number of nitrogens with two attached hydrogens (primary N) is 1. The van der Waals surface area contributed by atoms with Crippen molar-refractivity contribution < 1.29 is 17.9 Å². The van der Waals surface area contributed by atoms with Crippen LogP contribution in [0.3, 0.4) is 0 Å². The molecular weight excluding hydrogens is 234 g/mol. The van der Waals surface area contributed by atoms with E-state index in [4.69, 9.17) is 5.73 Å². The lowest BCUT2D eigenvalue weighted by molar-refractivity contribution is 0.157. The van der Waals surface area contributed by atoms with E-state index in [0.29, 0.717) is 13.0 Å². The van der Waals surface area contributed by atoms with E-state index in [1.54, 1.807) is 6.92 Å². The van der Waals surface area contributed by atoms with Gasteiger partial charge in [0.1, 0.15) is 0 Å². The van der Waals surface area contributed by atoms with E-state index in [2.05, 4.69) is 4.74 Å². The van der Waals surface area contributed by atoms with E-state index in [1.807, 2.05) is 4.72 Å². The quantitative estimate of drug-likeness (QED) is 0.720. The third kappa shape index (κ3) is 3.32. The molecule has 7 nitrogen and oxygen atoms in total. The zero-order valence-corrected chi connectivity index (χ0v) is 10.00. The molecule has 0 spiro atoms. The Bertz CT molecular complexity index is 343. The van der Waals surface area contributed by atoms with Gasteiger partial charge in [0, 0.05) is 6.54 Å². The topological polar surface area (TPSA) is 102 Å². The molecule has 16 heavy (non-hydrogen) atoms. The minimum absolute atomic E-state index is 0.118. The van der Waals surface area contributed by atoms with E-state index < -0.39 is 22.5 Å². The van der Waals surface area contributed by atoms with Crippen molar-refractivity contribution in [1.82, 2.24) is 9.03 Å². The van der Waals surface area contributed by atoms with Crippen molar-refractivity contribution in [1.29, 1.82) is 0 Å². The molecule has 0 aliphatic carbocycles. The van der Waals surface area contributed by atoms with Gasteiger partial charge in [-0.1, -0.05) is 0 Å². The van der Waals surface area contributed by atoms with Crippen molar-refractivity contribution in [2.75, 3.05) is 13.2 Å². The van der Waals surface area contributed by atoms with Crippen molar-refractivity contribution in [3.63, 3.8) is 0 Å². The molecule has 1 rings (SSSR count). The predicted molar refractivity (Wildman–Crippen MR) is 57.6 cm³/mol. The molecule has 1 unspecified atom stereocenters. The SMILES string of the molecule is CCOC(=O)NS(=O)(=O)N1CCCCC1N. The summed E-state index contributed by atoms with van der Waals surface area (Å²) in [5.74, 6) is 0. The number of hydrogen-bond donors (Lipinski definition) is 2. The normalized spacial score (nSPS) is 22.8. The summed E-state index contributed by atoms with van der Waals surface area (Å²) in [6.45, 7) is 2.04. The molecule has 3 N–H and O–H groups in total. The van der Waals surface area contributed by atoms with Gasteiger partial charge in [0.2, 0.25) is 0 Å². The summed E-state index contributed by atoms with van der Waals surface area (Å²) in [7, 11) is -3.87. The number of carbonyl (C=O) groups is 1. The van der Waals surface area contributed by atoms with Crippen molar-refractivity contribution >= 4 is 16.3 Å². The van der Waals surface area contributed by atoms with Gasteiger partial charge in [0.25, 0.3) is 0 Å². The molecule has 1 saturated heterocycles. The van der Waals surface area contributed by atoms with Crippen molar-refractivity contribution in [2.45, 2.75) is 32.4 Å². The van der Waals surface area contributed by atoms with Crippen LogP contribution >= 0.6 is 0 Å². The summed E-state index contributed by atoms with van der Waals surface area (Å²) in [6, 6.07) is 0. The molecule has 8 heteroatoms. The molecule has 0 aromatic rings. The van der Waals surface area contributed by atoms with Gasteiger partial charge in [-0.2, -0.15) is 12.7 Å². The summed E-state index contributed by atoms with van der Waals surface area (Å²) >= 11 is 0. The lowest BCUT2D eigenvalue weighted by atomic mass is 10.1. The van der Waals surface area contributed by atoms with Crippen LogP contribution in [0.4, 0.5) is 4.79 Å². The number of nitrogens with one attached hydrogen (secondary N) is 1. The Morgan fingerprint density at radius 3 is 2.81 bits per heavy atom. The Morgan fingerprint density at radius 1 is 1.56 bits per heavy atom. The molecule has 0 bridgehead atoms. The first-order chi connectivity index (χ1) is 7.47. The molecule has 0 aromatic heterocycles. The largest absolute Gasteiger partial charge is 0.449 e. The fourth-order valence-electron chi connectivity index (χ4n) is 1.55. The van der Waals surface area contributed by atoms with Crippen LogP contribution in [0.2, 0.25) is 0 Å². The molecule has 1 heterocycles. The maximum atomic E-state index is 11.7. The standard InChI is InChI=1S/C8H17N3O4S/c1-2-15-8(12)10-16(13,14)11-6-4-3-5-7(11)9/h7H,2-6,9H2,1H3,(H,10,12). The van der Waals surface area contributed by atoms with Crippen LogP contribution in [0.15, 0.2) is 0 Å². The van der Waals surface area contributed by atoms with Crippen molar-refractivity contribution in [2.24, 2.45) is 5.73 Å². The van der Waals surface area contributed by atoms with Gasteiger partial charge in [-0.05, 0) is 26.2 Å². The number of piperidine rings is 1. The molecule has 0 aromatic carbocycles. The first-order valence-corrected chi connectivity index (χ1v) is 6.63. The third-order valence-corrected chi connectivity index (χ3v) is 3.79. The van der Waals surface area contributed by atoms with Crippen LogP contribution in [0, 0.1) is 0 Å². The van der Waals surface area contributed by atoms with E-state index in [0.717, 1.165) is 17.1 Å². The summed E-state index contributed by atoms with van der Waals surface area (Å²) in [5.41, 5.74) is 5.67. The second kappa shape index (κ2) is 5.46. The van der Waals surface area contributed by atoms with Gasteiger partial charge in [0.05, 0.1) is 12.8 Å². The number of rotatable bonds is 3. The fourth-order valence-corrected chi connectivity index (χ4v) is 2.77. The molecular formula is C8H17N3O4S. The Balaban J connectivity index is 2.65. The zero-order valence-electron chi connectivity index (χ0n) is 9.18. The highest BCUT2D eigenvalue weighted by Crippen LogP contribution is 2.15. The van der Waals surface area contributed by atoms with Gasteiger partial charge in [-0.25, -0.2) is 9.52 Å². The first-order valence-electron chi connectivity index (χ1n) is 5.19. The molecule has 1 atom stereocenters. The summed E-state index contributed by atoms with van der Waals surface area (Å²) in [5, 5.41) is 0. The van der Waals surface area contributed by atoms with Crippen LogP contribution in [-0.2, 0) is 14.9 Å². The Kier molecular flexibility index (Phi) is 4.51. The third-order valence-electron chi connectivity index (χ3n) is 2.29. The number of amides is 1. The van der Waals surface area contributed by atoms with Crippen LogP contribution in [0.5, 0.6) is 0 Å².